The van der Waals surface area contributed by atoms with E-state index >= 15 is 0 Å². The van der Waals surface area contributed by atoms with Crippen LogP contribution in [0, 0.1) is 0 Å². The maximum atomic E-state index is 9.40. The van der Waals surface area contributed by atoms with Crippen molar-refractivity contribution < 1.29 is 5.11 Å². The van der Waals surface area contributed by atoms with Gasteiger partial charge in [0.15, 0.2) is 0 Å². The van der Waals surface area contributed by atoms with Crippen LogP contribution in [0.3, 0.4) is 0 Å². The summed E-state index contributed by atoms with van der Waals surface area (Å²) in [5.41, 5.74) is 4.19. The molecule has 1 N–H and O–H groups in total. The molecule has 0 amide bonds. The van der Waals surface area contributed by atoms with Gasteiger partial charge in [-0.15, -0.1) is 0 Å². The summed E-state index contributed by atoms with van der Waals surface area (Å²) >= 11 is 0. The predicted octanol–water partition coefficient (Wildman–Crippen LogP) is 4.01. The smallest absolute Gasteiger partial charge is 0.115 e. The summed E-state index contributed by atoms with van der Waals surface area (Å²) in [5, 5.41) is 9.40. The van der Waals surface area contributed by atoms with Crippen LogP contribution in [0.1, 0.15) is 31.9 Å². The highest BCUT2D eigenvalue weighted by Crippen LogP contribution is 2.23. The fourth-order valence-corrected chi connectivity index (χ4v) is 3.20. The number of benzene rings is 2. The maximum absolute atomic E-state index is 9.40. The molecule has 3 rings (SSSR count). The number of piperazine rings is 1. The van der Waals surface area contributed by atoms with Crippen molar-refractivity contribution in [2.24, 2.45) is 0 Å². The van der Waals surface area contributed by atoms with E-state index in [0.717, 1.165) is 32.7 Å². The quantitative estimate of drug-likeness (QED) is 0.924. The first kappa shape index (κ1) is 16.8. The van der Waals surface area contributed by atoms with Gasteiger partial charge in [-0.3, -0.25) is 4.90 Å². The number of phenolic OH excluding ortho intramolecular Hbond substituents is 1. The lowest BCUT2D eigenvalue weighted by Gasteiger charge is -2.36. The number of anilines is 1. The summed E-state index contributed by atoms with van der Waals surface area (Å²) in [7, 11) is 0. The first-order valence-electron chi connectivity index (χ1n) is 8.77. The zero-order chi connectivity index (χ0) is 17.2. The molecule has 0 aromatic heterocycles. The van der Waals surface area contributed by atoms with Gasteiger partial charge in [0.2, 0.25) is 0 Å². The Hall–Kier alpha value is -2.00. The van der Waals surface area contributed by atoms with Crippen LogP contribution in [-0.2, 0) is 12.0 Å². The molecule has 128 valence electrons. The number of hydrogen-bond donors (Lipinski definition) is 1. The van der Waals surface area contributed by atoms with Gasteiger partial charge in [0, 0.05) is 38.4 Å². The summed E-state index contributed by atoms with van der Waals surface area (Å²) < 4.78 is 0. The molecule has 2 aromatic rings. The highest BCUT2D eigenvalue weighted by atomic mass is 16.3. The zero-order valence-electron chi connectivity index (χ0n) is 15.0. The second-order valence-electron chi connectivity index (χ2n) is 7.73. The van der Waals surface area contributed by atoms with E-state index in [2.05, 4.69) is 54.8 Å². The summed E-state index contributed by atoms with van der Waals surface area (Å²) in [4.78, 5) is 4.90. The standard InChI is InChI=1S/C21H28N2O/c1-21(2,3)18-6-4-17(5-7-18)16-22-12-14-23(15-13-22)19-8-10-20(24)11-9-19/h4-11,24H,12-16H2,1-3H3. The van der Waals surface area contributed by atoms with Crippen LogP contribution in [0.25, 0.3) is 0 Å². The highest BCUT2D eigenvalue weighted by Gasteiger charge is 2.18. The van der Waals surface area contributed by atoms with E-state index in [1.165, 1.54) is 16.8 Å². The van der Waals surface area contributed by atoms with Crippen molar-refractivity contribution in [1.82, 2.24) is 4.90 Å². The first-order chi connectivity index (χ1) is 11.4. The minimum atomic E-state index is 0.217. The van der Waals surface area contributed by atoms with E-state index in [0.29, 0.717) is 5.75 Å². The van der Waals surface area contributed by atoms with Crippen LogP contribution in [-0.4, -0.2) is 36.2 Å². The average molecular weight is 324 g/mol. The van der Waals surface area contributed by atoms with E-state index in [9.17, 15) is 5.11 Å². The second-order valence-corrected chi connectivity index (χ2v) is 7.73. The van der Waals surface area contributed by atoms with Gasteiger partial charge in [-0.2, -0.15) is 0 Å². The van der Waals surface area contributed by atoms with Crippen LogP contribution in [0.2, 0.25) is 0 Å². The third-order valence-corrected chi connectivity index (χ3v) is 4.81. The number of rotatable bonds is 3. The van der Waals surface area contributed by atoms with Crippen molar-refractivity contribution in [2.45, 2.75) is 32.7 Å². The normalized spacial score (nSPS) is 16.4. The monoisotopic (exact) mass is 324 g/mol. The van der Waals surface area contributed by atoms with E-state index in [1.54, 1.807) is 12.1 Å². The van der Waals surface area contributed by atoms with E-state index < -0.39 is 0 Å². The minimum absolute atomic E-state index is 0.217. The van der Waals surface area contributed by atoms with E-state index in [4.69, 9.17) is 0 Å². The fraction of sp³-hybridized carbons (Fsp3) is 0.429. The molecule has 2 aromatic carbocycles. The lowest BCUT2D eigenvalue weighted by Crippen LogP contribution is -2.45. The molecular formula is C21H28N2O. The molecule has 24 heavy (non-hydrogen) atoms. The number of aromatic hydroxyl groups is 1. The van der Waals surface area contributed by atoms with Crippen LogP contribution in [0.4, 0.5) is 5.69 Å². The second kappa shape index (κ2) is 6.86. The van der Waals surface area contributed by atoms with Gasteiger partial charge in [-0.25, -0.2) is 0 Å². The molecule has 0 saturated carbocycles. The molecule has 0 aliphatic carbocycles. The van der Waals surface area contributed by atoms with Gasteiger partial charge >= 0.3 is 0 Å². The third-order valence-electron chi connectivity index (χ3n) is 4.81. The molecule has 0 unspecified atom stereocenters. The Morgan fingerprint density at radius 1 is 0.833 bits per heavy atom. The van der Waals surface area contributed by atoms with Crippen LogP contribution >= 0.6 is 0 Å². The molecule has 0 spiro atoms. The Kier molecular flexibility index (Phi) is 4.81. The lowest BCUT2D eigenvalue weighted by molar-refractivity contribution is 0.250. The lowest BCUT2D eigenvalue weighted by atomic mass is 9.87. The van der Waals surface area contributed by atoms with Gasteiger partial charge in [0.1, 0.15) is 5.75 Å². The summed E-state index contributed by atoms with van der Waals surface area (Å²) in [5.74, 6) is 0.330. The zero-order valence-corrected chi connectivity index (χ0v) is 15.0. The molecule has 1 aliphatic heterocycles. The van der Waals surface area contributed by atoms with Crippen molar-refractivity contribution in [3.8, 4) is 5.75 Å². The van der Waals surface area contributed by atoms with Gasteiger partial charge in [-0.1, -0.05) is 45.0 Å². The number of hydrogen-bond acceptors (Lipinski definition) is 3. The highest BCUT2D eigenvalue weighted by molar-refractivity contribution is 5.49. The molecular weight excluding hydrogens is 296 g/mol. The average Bonchev–Trinajstić information content (AvgIpc) is 2.56. The maximum Gasteiger partial charge on any atom is 0.115 e. The molecule has 3 heteroatoms. The Bertz CT molecular complexity index is 648. The molecule has 3 nitrogen and oxygen atoms in total. The van der Waals surface area contributed by atoms with Gasteiger partial charge < -0.3 is 10.0 Å². The molecule has 1 saturated heterocycles. The minimum Gasteiger partial charge on any atom is -0.508 e. The molecule has 0 radical (unpaired) electrons. The Morgan fingerprint density at radius 2 is 1.42 bits per heavy atom. The fourth-order valence-electron chi connectivity index (χ4n) is 3.20. The van der Waals surface area contributed by atoms with Gasteiger partial charge in [0.25, 0.3) is 0 Å². The van der Waals surface area contributed by atoms with Crippen molar-refractivity contribution in [3.63, 3.8) is 0 Å². The first-order valence-corrected chi connectivity index (χ1v) is 8.77. The topological polar surface area (TPSA) is 26.7 Å². The molecule has 1 heterocycles. The van der Waals surface area contributed by atoms with E-state index in [1.807, 2.05) is 12.1 Å². The van der Waals surface area contributed by atoms with Gasteiger partial charge in [-0.05, 0) is 40.8 Å². The van der Waals surface area contributed by atoms with Crippen molar-refractivity contribution >= 4 is 5.69 Å². The van der Waals surface area contributed by atoms with Crippen molar-refractivity contribution in [3.05, 3.63) is 59.7 Å². The largest absolute Gasteiger partial charge is 0.508 e. The Morgan fingerprint density at radius 3 is 1.96 bits per heavy atom. The van der Waals surface area contributed by atoms with Crippen molar-refractivity contribution in [1.29, 1.82) is 0 Å². The van der Waals surface area contributed by atoms with Crippen molar-refractivity contribution in [2.75, 3.05) is 31.1 Å². The molecule has 1 aliphatic rings. The number of phenols is 1. The molecule has 0 bridgehead atoms. The van der Waals surface area contributed by atoms with Crippen LogP contribution in [0.5, 0.6) is 5.75 Å². The number of nitrogens with zero attached hydrogens (tertiary/aromatic N) is 2. The summed E-state index contributed by atoms with van der Waals surface area (Å²) in [6.07, 6.45) is 0. The Labute approximate surface area is 145 Å². The van der Waals surface area contributed by atoms with Crippen LogP contribution in [0.15, 0.2) is 48.5 Å². The predicted molar refractivity (Wildman–Crippen MR) is 101 cm³/mol. The molecule has 1 fully saturated rings. The SMILES string of the molecule is CC(C)(C)c1ccc(CN2CCN(c3ccc(O)cc3)CC2)cc1. The Balaban J connectivity index is 1.54. The summed E-state index contributed by atoms with van der Waals surface area (Å²) in [6, 6.07) is 16.6. The third kappa shape index (κ3) is 4.09. The van der Waals surface area contributed by atoms with Gasteiger partial charge in [0.05, 0.1) is 0 Å². The summed E-state index contributed by atoms with van der Waals surface area (Å²) in [6.45, 7) is 12.0. The molecule has 0 atom stereocenters. The van der Waals surface area contributed by atoms with E-state index in [-0.39, 0.29) is 5.41 Å². The van der Waals surface area contributed by atoms with Crippen LogP contribution < -0.4 is 4.90 Å².